The zero-order valence-electron chi connectivity index (χ0n) is 12.3. The van der Waals surface area contributed by atoms with Crippen molar-refractivity contribution in [2.24, 2.45) is 5.92 Å². The third kappa shape index (κ3) is 3.21. The Morgan fingerprint density at radius 2 is 2.24 bits per heavy atom. The third-order valence-corrected chi connectivity index (χ3v) is 4.16. The van der Waals surface area contributed by atoms with Crippen molar-refractivity contribution in [3.63, 3.8) is 0 Å². The van der Waals surface area contributed by atoms with Crippen LogP contribution >= 0.6 is 0 Å². The molecule has 1 aromatic rings. The van der Waals surface area contributed by atoms with Gasteiger partial charge in [-0.3, -0.25) is 14.9 Å². The summed E-state index contributed by atoms with van der Waals surface area (Å²) in [6.07, 6.45) is 1.29. The molecule has 1 saturated heterocycles. The molecule has 0 bridgehead atoms. The van der Waals surface area contributed by atoms with E-state index in [4.69, 9.17) is 0 Å². The van der Waals surface area contributed by atoms with Gasteiger partial charge in [0, 0.05) is 36.2 Å². The number of amides is 1. The van der Waals surface area contributed by atoms with Crippen molar-refractivity contribution < 1.29 is 14.8 Å². The summed E-state index contributed by atoms with van der Waals surface area (Å²) >= 11 is 0. The monoisotopic (exact) mass is 292 g/mol. The summed E-state index contributed by atoms with van der Waals surface area (Å²) in [6, 6.07) is 4.56. The van der Waals surface area contributed by atoms with E-state index in [0.29, 0.717) is 24.2 Å². The van der Waals surface area contributed by atoms with Gasteiger partial charge < -0.3 is 10.0 Å². The van der Waals surface area contributed by atoms with E-state index in [-0.39, 0.29) is 17.5 Å². The lowest BCUT2D eigenvalue weighted by Gasteiger charge is -2.34. The van der Waals surface area contributed by atoms with Crippen molar-refractivity contribution in [2.75, 3.05) is 13.1 Å². The standard InChI is InChI=1S/C15H20N2O4/c1-10-13(6-3-7-14(10)17(20)21)15(19)16-8-4-5-12(9-16)11(2)18/h3,6-7,11-12,18H,4-5,8-9H2,1-2H3. The van der Waals surface area contributed by atoms with Crippen LogP contribution in [0.15, 0.2) is 18.2 Å². The number of carbonyl (C=O) groups is 1. The van der Waals surface area contributed by atoms with E-state index < -0.39 is 11.0 Å². The first-order valence-electron chi connectivity index (χ1n) is 7.13. The molecule has 2 atom stereocenters. The van der Waals surface area contributed by atoms with E-state index in [2.05, 4.69) is 0 Å². The van der Waals surface area contributed by atoms with Crippen LogP contribution in [0.2, 0.25) is 0 Å². The minimum atomic E-state index is -0.471. The fraction of sp³-hybridized carbons (Fsp3) is 0.533. The average Bonchev–Trinajstić information content (AvgIpc) is 2.46. The maximum atomic E-state index is 12.6. The van der Waals surface area contributed by atoms with Gasteiger partial charge in [0.15, 0.2) is 0 Å². The van der Waals surface area contributed by atoms with E-state index in [1.807, 2.05) is 0 Å². The van der Waals surface area contributed by atoms with Crippen molar-refractivity contribution in [1.82, 2.24) is 4.90 Å². The Kier molecular flexibility index (Phi) is 4.57. The minimum Gasteiger partial charge on any atom is -0.393 e. The van der Waals surface area contributed by atoms with Gasteiger partial charge in [-0.1, -0.05) is 6.07 Å². The molecule has 6 heteroatoms. The molecule has 0 saturated carbocycles. The second-order valence-corrected chi connectivity index (χ2v) is 5.60. The Hall–Kier alpha value is -1.95. The van der Waals surface area contributed by atoms with E-state index in [1.54, 1.807) is 24.8 Å². The summed E-state index contributed by atoms with van der Waals surface area (Å²) in [6.45, 7) is 4.46. The minimum absolute atomic E-state index is 0.0371. The molecule has 114 valence electrons. The van der Waals surface area contributed by atoms with Gasteiger partial charge in [-0.25, -0.2) is 0 Å². The van der Waals surface area contributed by atoms with Gasteiger partial charge >= 0.3 is 0 Å². The molecule has 0 aliphatic carbocycles. The van der Waals surface area contributed by atoms with E-state index in [1.165, 1.54) is 12.1 Å². The molecular weight excluding hydrogens is 272 g/mol. The summed E-state index contributed by atoms with van der Waals surface area (Å²) in [7, 11) is 0. The highest BCUT2D eigenvalue weighted by molar-refractivity contribution is 5.96. The Morgan fingerprint density at radius 3 is 2.86 bits per heavy atom. The molecular formula is C15H20N2O4. The predicted octanol–water partition coefficient (Wildman–Crippen LogP) is 2.14. The highest BCUT2D eigenvalue weighted by Crippen LogP contribution is 2.25. The number of nitro groups is 1. The number of aliphatic hydroxyl groups excluding tert-OH is 1. The first-order chi connectivity index (χ1) is 9.91. The van der Waals surface area contributed by atoms with Crippen molar-refractivity contribution in [2.45, 2.75) is 32.8 Å². The van der Waals surface area contributed by atoms with Crippen molar-refractivity contribution >= 4 is 11.6 Å². The average molecular weight is 292 g/mol. The molecule has 2 unspecified atom stereocenters. The van der Waals surface area contributed by atoms with Crippen LogP contribution in [0.4, 0.5) is 5.69 Å². The molecule has 1 N–H and O–H groups in total. The molecule has 0 spiro atoms. The van der Waals surface area contributed by atoms with Crippen molar-refractivity contribution in [3.05, 3.63) is 39.4 Å². The Balaban J connectivity index is 2.24. The van der Waals surface area contributed by atoms with Crippen LogP contribution in [-0.4, -0.2) is 40.0 Å². The largest absolute Gasteiger partial charge is 0.393 e. The van der Waals surface area contributed by atoms with Crippen LogP contribution in [0.25, 0.3) is 0 Å². The molecule has 1 aliphatic rings. The summed E-state index contributed by atoms with van der Waals surface area (Å²) < 4.78 is 0. The zero-order valence-corrected chi connectivity index (χ0v) is 12.3. The SMILES string of the molecule is Cc1c(C(=O)N2CCCC(C(C)O)C2)cccc1[N+](=O)[O-]. The molecule has 0 aromatic heterocycles. The zero-order chi connectivity index (χ0) is 15.6. The molecule has 1 amide bonds. The third-order valence-electron chi connectivity index (χ3n) is 4.16. The maximum Gasteiger partial charge on any atom is 0.273 e. The van der Waals surface area contributed by atoms with E-state index >= 15 is 0 Å². The number of hydrogen-bond donors (Lipinski definition) is 1. The summed E-state index contributed by atoms with van der Waals surface area (Å²) in [5, 5.41) is 20.7. The van der Waals surface area contributed by atoms with Crippen LogP contribution in [0, 0.1) is 23.0 Å². The smallest absolute Gasteiger partial charge is 0.273 e. The Morgan fingerprint density at radius 1 is 1.52 bits per heavy atom. The number of carbonyl (C=O) groups excluding carboxylic acids is 1. The molecule has 21 heavy (non-hydrogen) atoms. The number of likely N-dealkylation sites (tertiary alicyclic amines) is 1. The highest BCUT2D eigenvalue weighted by Gasteiger charge is 2.28. The summed E-state index contributed by atoms with van der Waals surface area (Å²) in [4.78, 5) is 24.8. The molecule has 1 aromatic carbocycles. The molecule has 2 rings (SSSR count). The van der Waals surface area contributed by atoms with Crippen LogP contribution in [0.1, 0.15) is 35.7 Å². The van der Waals surface area contributed by atoms with Gasteiger partial charge in [0.1, 0.15) is 0 Å². The first-order valence-corrected chi connectivity index (χ1v) is 7.13. The lowest BCUT2D eigenvalue weighted by atomic mass is 9.92. The lowest BCUT2D eigenvalue weighted by molar-refractivity contribution is -0.385. The molecule has 6 nitrogen and oxygen atoms in total. The topological polar surface area (TPSA) is 83.7 Å². The number of aliphatic hydroxyl groups is 1. The van der Waals surface area contributed by atoms with Gasteiger partial charge in [-0.15, -0.1) is 0 Å². The van der Waals surface area contributed by atoms with E-state index in [0.717, 1.165) is 12.8 Å². The maximum absolute atomic E-state index is 12.6. The Labute approximate surface area is 123 Å². The van der Waals surface area contributed by atoms with Crippen LogP contribution in [0.3, 0.4) is 0 Å². The summed E-state index contributed by atoms with van der Waals surface area (Å²) in [5.74, 6) is -0.122. The Bertz CT molecular complexity index is 557. The summed E-state index contributed by atoms with van der Waals surface area (Å²) in [5.41, 5.74) is 0.729. The van der Waals surface area contributed by atoms with Gasteiger partial charge in [0.2, 0.25) is 0 Å². The van der Waals surface area contributed by atoms with Crippen molar-refractivity contribution in [3.8, 4) is 0 Å². The van der Waals surface area contributed by atoms with Gasteiger partial charge in [0.25, 0.3) is 11.6 Å². The van der Waals surface area contributed by atoms with Crippen molar-refractivity contribution in [1.29, 1.82) is 0 Å². The second kappa shape index (κ2) is 6.22. The van der Waals surface area contributed by atoms with Gasteiger partial charge in [0.05, 0.1) is 11.0 Å². The van der Waals surface area contributed by atoms with Gasteiger partial charge in [-0.2, -0.15) is 0 Å². The van der Waals surface area contributed by atoms with E-state index in [9.17, 15) is 20.0 Å². The quantitative estimate of drug-likeness (QED) is 0.683. The second-order valence-electron chi connectivity index (χ2n) is 5.60. The first kappa shape index (κ1) is 15.4. The van der Waals surface area contributed by atoms with Crippen LogP contribution in [0.5, 0.6) is 0 Å². The molecule has 0 radical (unpaired) electrons. The number of nitro benzene ring substituents is 1. The number of rotatable bonds is 3. The van der Waals surface area contributed by atoms with Gasteiger partial charge in [-0.05, 0) is 32.8 Å². The normalized spacial score (nSPS) is 20.1. The predicted molar refractivity (Wildman–Crippen MR) is 78.1 cm³/mol. The number of benzene rings is 1. The van der Waals surface area contributed by atoms with Crippen LogP contribution < -0.4 is 0 Å². The fourth-order valence-corrected chi connectivity index (χ4v) is 2.81. The number of nitrogens with zero attached hydrogens (tertiary/aromatic N) is 2. The molecule has 1 fully saturated rings. The number of hydrogen-bond acceptors (Lipinski definition) is 4. The fourth-order valence-electron chi connectivity index (χ4n) is 2.81. The lowest BCUT2D eigenvalue weighted by Crippen LogP contribution is -2.43. The number of piperidine rings is 1. The highest BCUT2D eigenvalue weighted by atomic mass is 16.6. The molecule has 1 aliphatic heterocycles. The van der Waals surface area contributed by atoms with Crippen LogP contribution in [-0.2, 0) is 0 Å². The molecule has 1 heterocycles.